The number of hydrogen-bond acceptors (Lipinski definition) is 2. The molecule has 1 amide bonds. The Morgan fingerprint density at radius 3 is 2.94 bits per heavy atom. The highest BCUT2D eigenvalue weighted by atomic mass is 16.3. The topological polar surface area (TPSA) is 49.3 Å². The molecule has 0 aromatic heterocycles. The Kier molecular flexibility index (Phi) is 3.79. The molecule has 2 unspecified atom stereocenters. The van der Waals surface area contributed by atoms with Gasteiger partial charge in [-0.2, -0.15) is 0 Å². The van der Waals surface area contributed by atoms with Gasteiger partial charge in [0.15, 0.2) is 0 Å². The molecule has 0 radical (unpaired) electrons. The molecule has 3 nitrogen and oxygen atoms in total. The average molecular weight is 233 g/mol. The largest absolute Gasteiger partial charge is 0.396 e. The second kappa shape index (κ2) is 5.32. The highest BCUT2D eigenvalue weighted by Crippen LogP contribution is 2.48. The lowest BCUT2D eigenvalue weighted by atomic mass is 10.0. The van der Waals surface area contributed by atoms with Crippen LogP contribution in [-0.2, 0) is 4.79 Å². The maximum atomic E-state index is 11.8. The third-order valence-electron chi connectivity index (χ3n) is 3.35. The van der Waals surface area contributed by atoms with E-state index in [1.165, 1.54) is 11.1 Å². The first-order valence-electron chi connectivity index (χ1n) is 6.18. The van der Waals surface area contributed by atoms with Gasteiger partial charge in [-0.3, -0.25) is 4.79 Å². The van der Waals surface area contributed by atoms with Gasteiger partial charge in [0.25, 0.3) is 0 Å². The van der Waals surface area contributed by atoms with Crippen molar-refractivity contribution in [1.29, 1.82) is 0 Å². The highest BCUT2D eigenvalue weighted by molar-refractivity contribution is 5.82. The van der Waals surface area contributed by atoms with Gasteiger partial charge in [-0.25, -0.2) is 0 Å². The van der Waals surface area contributed by atoms with Crippen LogP contribution in [-0.4, -0.2) is 24.2 Å². The summed E-state index contributed by atoms with van der Waals surface area (Å²) in [4.78, 5) is 11.8. The van der Waals surface area contributed by atoms with Gasteiger partial charge in [-0.15, -0.1) is 0 Å². The summed E-state index contributed by atoms with van der Waals surface area (Å²) in [6, 6.07) is 8.26. The molecule has 0 aliphatic heterocycles. The van der Waals surface area contributed by atoms with Crippen molar-refractivity contribution < 1.29 is 9.90 Å². The Morgan fingerprint density at radius 2 is 2.24 bits per heavy atom. The maximum absolute atomic E-state index is 11.8. The maximum Gasteiger partial charge on any atom is 0.223 e. The van der Waals surface area contributed by atoms with E-state index in [2.05, 4.69) is 24.4 Å². The van der Waals surface area contributed by atoms with E-state index in [-0.39, 0.29) is 18.4 Å². The lowest BCUT2D eigenvalue weighted by molar-refractivity contribution is -0.122. The van der Waals surface area contributed by atoms with Crippen LogP contribution in [0.1, 0.15) is 29.9 Å². The van der Waals surface area contributed by atoms with Crippen LogP contribution in [0.25, 0.3) is 0 Å². The van der Waals surface area contributed by atoms with Gasteiger partial charge in [0.2, 0.25) is 5.91 Å². The van der Waals surface area contributed by atoms with Crippen molar-refractivity contribution in [2.24, 2.45) is 5.92 Å². The van der Waals surface area contributed by atoms with Crippen molar-refractivity contribution in [3.63, 3.8) is 0 Å². The first kappa shape index (κ1) is 12.1. The van der Waals surface area contributed by atoms with E-state index in [9.17, 15) is 4.79 Å². The van der Waals surface area contributed by atoms with E-state index < -0.39 is 0 Å². The van der Waals surface area contributed by atoms with Gasteiger partial charge >= 0.3 is 0 Å². The normalized spacial score (nSPS) is 22.2. The predicted molar refractivity (Wildman–Crippen MR) is 66.7 cm³/mol. The van der Waals surface area contributed by atoms with Crippen LogP contribution < -0.4 is 5.32 Å². The summed E-state index contributed by atoms with van der Waals surface area (Å²) < 4.78 is 0. The van der Waals surface area contributed by atoms with Crippen LogP contribution in [0.4, 0.5) is 0 Å². The Hall–Kier alpha value is -1.35. The molecule has 0 bridgehead atoms. The summed E-state index contributed by atoms with van der Waals surface area (Å²) in [5.74, 6) is 0.659. The van der Waals surface area contributed by atoms with Crippen LogP contribution in [0.2, 0.25) is 0 Å². The van der Waals surface area contributed by atoms with Crippen molar-refractivity contribution >= 4 is 5.91 Å². The number of carbonyl (C=O) groups excluding carboxylic acids is 1. The van der Waals surface area contributed by atoms with Gasteiger partial charge in [0, 0.05) is 19.1 Å². The molecular formula is C14H19NO2. The minimum atomic E-state index is 0.131. The van der Waals surface area contributed by atoms with E-state index in [4.69, 9.17) is 5.11 Å². The summed E-state index contributed by atoms with van der Waals surface area (Å²) in [5, 5.41) is 11.5. The quantitative estimate of drug-likeness (QED) is 0.759. The van der Waals surface area contributed by atoms with Crippen molar-refractivity contribution in [2.45, 2.75) is 25.7 Å². The van der Waals surface area contributed by atoms with Crippen LogP contribution in [0.3, 0.4) is 0 Å². The summed E-state index contributed by atoms with van der Waals surface area (Å²) in [7, 11) is 0. The molecule has 2 atom stereocenters. The van der Waals surface area contributed by atoms with E-state index in [1.807, 2.05) is 12.1 Å². The Balaban J connectivity index is 1.88. The molecule has 2 N–H and O–H groups in total. The molecular weight excluding hydrogens is 214 g/mol. The van der Waals surface area contributed by atoms with Crippen molar-refractivity contribution in [3.05, 3.63) is 35.4 Å². The monoisotopic (exact) mass is 233 g/mol. The van der Waals surface area contributed by atoms with Gasteiger partial charge in [0.1, 0.15) is 0 Å². The minimum absolute atomic E-state index is 0.131. The van der Waals surface area contributed by atoms with Gasteiger partial charge in [-0.05, 0) is 36.8 Å². The fourth-order valence-electron chi connectivity index (χ4n) is 2.25. The van der Waals surface area contributed by atoms with Crippen LogP contribution in [0.5, 0.6) is 0 Å². The highest BCUT2D eigenvalue weighted by Gasteiger charge is 2.44. The van der Waals surface area contributed by atoms with Gasteiger partial charge in [0.05, 0.1) is 0 Å². The summed E-state index contributed by atoms with van der Waals surface area (Å²) in [6.45, 7) is 2.80. The number of nitrogens with one attached hydrogen (secondary N) is 1. The van der Waals surface area contributed by atoms with Crippen LogP contribution in [0, 0.1) is 12.8 Å². The van der Waals surface area contributed by atoms with Gasteiger partial charge < -0.3 is 10.4 Å². The Labute approximate surface area is 102 Å². The first-order chi connectivity index (χ1) is 8.24. The lowest BCUT2D eigenvalue weighted by Gasteiger charge is -2.05. The fourth-order valence-corrected chi connectivity index (χ4v) is 2.25. The Bertz CT molecular complexity index is 403. The molecule has 1 aromatic carbocycles. The van der Waals surface area contributed by atoms with Crippen molar-refractivity contribution in [2.75, 3.05) is 13.2 Å². The lowest BCUT2D eigenvalue weighted by Crippen LogP contribution is -2.26. The summed E-state index contributed by atoms with van der Waals surface area (Å²) in [6.07, 6.45) is 1.59. The summed E-state index contributed by atoms with van der Waals surface area (Å²) >= 11 is 0. The molecule has 1 aromatic rings. The number of carbonyl (C=O) groups is 1. The molecule has 1 saturated carbocycles. The third-order valence-corrected chi connectivity index (χ3v) is 3.35. The number of amides is 1. The molecule has 0 saturated heterocycles. The molecule has 3 heteroatoms. The standard InChI is InChI=1S/C14H19NO2/c1-10-5-2-3-6-11(10)12-9-13(12)14(17)15-7-4-8-16/h2-3,5-6,12-13,16H,4,7-9H2,1H3,(H,15,17). The first-order valence-corrected chi connectivity index (χ1v) is 6.18. The summed E-state index contributed by atoms with van der Waals surface area (Å²) in [5.41, 5.74) is 2.57. The number of hydrogen-bond donors (Lipinski definition) is 2. The molecule has 92 valence electrons. The zero-order valence-corrected chi connectivity index (χ0v) is 10.1. The third kappa shape index (κ3) is 2.86. The van der Waals surface area contributed by atoms with E-state index in [1.54, 1.807) is 0 Å². The fraction of sp³-hybridized carbons (Fsp3) is 0.500. The minimum Gasteiger partial charge on any atom is -0.396 e. The zero-order chi connectivity index (χ0) is 12.3. The van der Waals surface area contributed by atoms with Crippen LogP contribution >= 0.6 is 0 Å². The molecule has 1 aliphatic carbocycles. The number of aryl methyl sites for hydroxylation is 1. The van der Waals surface area contributed by atoms with E-state index >= 15 is 0 Å². The predicted octanol–water partition coefficient (Wildman–Crippen LogP) is 1.60. The molecule has 0 spiro atoms. The van der Waals surface area contributed by atoms with E-state index in [0.29, 0.717) is 18.9 Å². The number of aliphatic hydroxyl groups excluding tert-OH is 1. The van der Waals surface area contributed by atoms with Crippen LogP contribution in [0.15, 0.2) is 24.3 Å². The van der Waals surface area contributed by atoms with Crippen molar-refractivity contribution in [1.82, 2.24) is 5.32 Å². The van der Waals surface area contributed by atoms with Crippen molar-refractivity contribution in [3.8, 4) is 0 Å². The molecule has 17 heavy (non-hydrogen) atoms. The smallest absolute Gasteiger partial charge is 0.223 e. The zero-order valence-electron chi connectivity index (χ0n) is 10.1. The second-order valence-corrected chi connectivity index (χ2v) is 4.67. The Morgan fingerprint density at radius 1 is 1.47 bits per heavy atom. The average Bonchev–Trinajstić information content (AvgIpc) is 3.10. The molecule has 1 aliphatic rings. The SMILES string of the molecule is Cc1ccccc1C1CC1C(=O)NCCCO. The van der Waals surface area contributed by atoms with Gasteiger partial charge in [-0.1, -0.05) is 24.3 Å². The number of aliphatic hydroxyl groups is 1. The van der Waals surface area contributed by atoms with E-state index in [0.717, 1.165) is 6.42 Å². The molecule has 1 fully saturated rings. The second-order valence-electron chi connectivity index (χ2n) is 4.67. The molecule has 0 heterocycles. The number of rotatable bonds is 5. The number of benzene rings is 1. The molecule has 2 rings (SSSR count).